The van der Waals surface area contributed by atoms with E-state index in [2.05, 4.69) is 4.98 Å². The van der Waals surface area contributed by atoms with Gasteiger partial charge in [0.1, 0.15) is 23.1 Å². The van der Waals surface area contributed by atoms with Gasteiger partial charge in [0.25, 0.3) is 5.91 Å². The molecule has 5 nitrogen and oxygen atoms in total. The van der Waals surface area contributed by atoms with Gasteiger partial charge in [0.2, 0.25) is 0 Å². The molecule has 0 spiro atoms. The van der Waals surface area contributed by atoms with Gasteiger partial charge in [-0.2, -0.15) is 0 Å². The quantitative estimate of drug-likeness (QED) is 0.707. The molecule has 0 radical (unpaired) electrons. The summed E-state index contributed by atoms with van der Waals surface area (Å²) in [5.74, 6) is 0.557. The molecular weight excluding hydrogens is 376 g/mol. The summed E-state index contributed by atoms with van der Waals surface area (Å²) in [6.07, 6.45) is 0.852. The fourth-order valence-corrected chi connectivity index (χ4v) is 3.84. The molecule has 0 saturated carbocycles. The Kier molecular flexibility index (Phi) is 5.81. The number of para-hydroxylation sites is 1. The van der Waals surface area contributed by atoms with Crippen molar-refractivity contribution in [3.8, 4) is 5.75 Å². The first-order valence-corrected chi connectivity index (χ1v) is 10.2. The van der Waals surface area contributed by atoms with Crippen molar-refractivity contribution < 1.29 is 14.6 Å². The van der Waals surface area contributed by atoms with Gasteiger partial charge in [0.05, 0.1) is 6.54 Å². The molecule has 154 valence electrons. The van der Waals surface area contributed by atoms with Crippen LogP contribution >= 0.6 is 0 Å². The van der Waals surface area contributed by atoms with Crippen molar-refractivity contribution >= 4 is 5.91 Å². The summed E-state index contributed by atoms with van der Waals surface area (Å²) < 4.78 is 5.99. The van der Waals surface area contributed by atoms with E-state index in [-0.39, 0.29) is 18.6 Å². The van der Waals surface area contributed by atoms with Gasteiger partial charge in [0, 0.05) is 25.1 Å². The molecule has 0 unspecified atom stereocenters. The third-order valence-corrected chi connectivity index (χ3v) is 5.43. The second kappa shape index (κ2) is 8.67. The van der Waals surface area contributed by atoms with Crippen molar-refractivity contribution in [1.82, 2.24) is 9.88 Å². The molecule has 2 aromatic carbocycles. The van der Waals surface area contributed by atoms with E-state index in [4.69, 9.17) is 4.74 Å². The molecule has 1 aromatic heterocycles. The topological polar surface area (TPSA) is 62.7 Å². The Hall–Kier alpha value is -3.18. The van der Waals surface area contributed by atoms with Crippen LogP contribution < -0.4 is 4.74 Å². The number of nitrogens with zero attached hydrogens (tertiary/aromatic N) is 2. The van der Waals surface area contributed by atoms with Crippen molar-refractivity contribution in [2.75, 3.05) is 13.1 Å². The first-order chi connectivity index (χ1) is 14.5. The largest absolute Gasteiger partial charge is 0.487 e. The molecule has 1 saturated heterocycles. The average molecular weight is 402 g/mol. The number of amides is 1. The number of carbonyl (C=O) groups excluding carboxylic acids is 1. The zero-order chi connectivity index (χ0) is 21.0. The number of benzene rings is 2. The Morgan fingerprint density at radius 2 is 1.77 bits per heavy atom. The maximum absolute atomic E-state index is 13.1. The molecule has 4 rings (SSSR count). The van der Waals surface area contributed by atoms with E-state index < -0.39 is 5.60 Å². The fourth-order valence-electron chi connectivity index (χ4n) is 3.84. The zero-order valence-electron chi connectivity index (χ0n) is 17.1. The number of hydrogen-bond acceptors (Lipinski definition) is 4. The van der Waals surface area contributed by atoms with Crippen molar-refractivity contribution in [3.05, 3.63) is 95.8 Å². The SMILES string of the molecule is C[C@]1(O)CN(C(=O)c2cccc(Cc3ccccc3)n2)CC[C@@H]1Oc1ccccc1. The zero-order valence-corrected chi connectivity index (χ0v) is 17.1. The Labute approximate surface area is 177 Å². The molecule has 0 bridgehead atoms. The van der Waals surface area contributed by atoms with Crippen molar-refractivity contribution in [3.63, 3.8) is 0 Å². The highest BCUT2D eigenvalue weighted by Crippen LogP contribution is 2.27. The smallest absolute Gasteiger partial charge is 0.272 e. The maximum atomic E-state index is 13.1. The number of likely N-dealkylation sites (tertiary alicyclic amines) is 1. The highest BCUT2D eigenvalue weighted by atomic mass is 16.5. The molecule has 1 fully saturated rings. The van der Waals surface area contributed by atoms with Gasteiger partial charge in [-0.3, -0.25) is 4.79 Å². The van der Waals surface area contributed by atoms with Crippen LogP contribution in [-0.4, -0.2) is 45.7 Å². The van der Waals surface area contributed by atoms with Crippen molar-refractivity contribution in [2.45, 2.75) is 31.5 Å². The number of rotatable bonds is 5. The lowest BCUT2D eigenvalue weighted by molar-refractivity contribution is -0.0900. The molecule has 1 aliphatic rings. The molecule has 0 aliphatic carbocycles. The van der Waals surface area contributed by atoms with Crippen LogP contribution in [0.1, 0.15) is 35.1 Å². The lowest BCUT2D eigenvalue weighted by Crippen LogP contribution is -2.58. The predicted octanol–water partition coefficient (Wildman–Crippen LogP) is 3.72. The normalized spacial score (nSPS) is 21.3. The van der Waals surface area contributed by atoms with Gasteiger partial charge in [-0.25, -0.2) is 4.98 Å². The van der Waals surface area contributed by atoms with Crippen molar-refractivity contribution in [2.24, 2.45) is 0 Å². The van der Waals surface area contributed by atoms with Crippen LogP contribution in [0.15, 0.2) is 78.9 Å². The Morgan fingerprint density at radius 3 is 2.47 bits per heavy atom. The Morgan fingerprint density at radius 1 is 1.07 bits per heavy atom. The van der Waals surface area contributed by atoms with Crippen LogP contribution in [0.5, 0.6) is 5.75 Å². The first-order valence-electron chi connectivity index (χ1n) is 10.2. The molecular formula is C25H26N2O3. The summed E-state index contributed by atoms with van der Waals surface area (Å²) in [6, 6.07) is 25.1. The second-order valence-corrected chi connectivity index (χ2v) is 7.97. The summed E-state index contributed by atoms with van der Waals surface area (Å²) in [7, 11) is 0. The molecule has 30 heavy (non-hydrogen) atoms. The highest BCUT2D eigenvalue weighted by Gasteiger charge is 2.41. The Balaban J connectivity index is 1.44. The number of β-amino-alcohol motifs (C(OH)–C–C–N with tert-alkyl or cyclic N) is 1. The lowest BCUT2D eigenvalue weighted by atomic mass is 9.91. The van der Waals surface area contributed by atoms with E-state index in [1.807, 2.05) is 72.8 Å². The number of ether oxygens (including phenoxy) is 1. The van der Waals surface area contributed by atoms with Gasteiger partial charge in [-0.1, -0.05) is 54.6 Å². The second-order valence-electron chi connectivity index (χ2n) is 7.97. The van der Waals surface area contributed by atoms with Crippen LogP contribution in [0.25, 0.3) is 0 Å². The van der Waals surface area contributed by atoms with Gasteiger partial charge in [-0.15, -0.1) is 0 Å². The highest BCUT2D eigenvalue weighted by molar-refractivity contribution is 5.92. The average Bonchev–Trinajstić information content (AvgIpc) is 2.76. The molecule has 2 atom stereocenters. The lowest BCUT2D eigenvalue weighted by Gasteiger charge is -2.42. The van der Waals surface area contributed by atoms with E-state index in [9.17, 15) is 9.90 Å². The van der Waals surface area contributed by atoms with E-state index >= 15 is 0 Å². The van der Waals surface area contributed by atoms with Crippen LogP contribution in [-0.2, 0) is 6.42 Å². The molecule has 1 N–H and O–H groups in total. The number of hydrogen-bond donors (Lipinski definition) is 1. The van der Waals surface area contributed by atoms with Crippen molar-refractivity contribution in [1.29, 1.82) is 0 Å². The van der Waals surface area contributed by atoms with Crippen LogP contribution in [0, 0.1) is 0 Å². The van der Waals surface area contributed by atoms with E-state index in [1.165, 1.54) is 0 Å². The summed E-state index contributed by atoms with van der Waals surface area (Å²) in [5, 5.41) is 11.0. The predicted molar refractivity (Wildman–Crippen MR) is 115 cm³/mol. The molecule has 2 heterocycles. The van der Waals surface area contributed by atoms with E-state index in [1.54, 1.807) is 17.9 Å². The minimum absolute atomic E-state index is 0.164. The third kappa shape index (κ3) is 4.69. The van der Waals surface area contributed by atoms with Gasteiger partial charge < -0.3 is 14.7 Å². The van der Waals surface area contributed by atoms with Crippen LogP contribution in [0.2, 0.25) is 0 Å². The molecule has 1 amide bonds. The van der Waals surface area contributed by atoms with Gasteiger partial charge in [-0.05, 0) is 36.8 Å². The number of aliphatic hydroxyl groups is 1. The van der Waals surface area contributed by atoms with Gasteiger partial charge >= 0.3 is 0 Å². The number of piperidine rings is 1. The summed E-state index contributed by atoms with van der Waals surface area (Å²) >= 11 is 0. The van der Waals surface area contributed by atoms with Gasteiger partial charge in [0.15, 0.2) is 0 Å². The standard InChI is InChI=1S/C25H26N2O3/c1-25(29)18-27(16-15-23(25)30-21-12-6-3-7-13-21)24(28)22-14-8-11-20(26-22)17-19-9-4-2-5-10-19/h2-14,23,29H,15-18H2,1H3/t23-,25-/m0/s1. The van der Waals surface area contributed by atoms with E-state index in [0.717, 1.165) is 17.0 Å². The summed E-state index contributed by atoms with van der Waals surface area (Å²) in [5.41, 5.74) is 1.25. The monoisotopic (exact) mass is 402 g/mol. The molecule has 3 aromatic rings. The summed E-state index contributed by atoms with van der Waals surface area (Å²) in [6.45, 7) is 2.43. The number of pyridine rings is 1. The Bertz CT molecular complexity index is 990. The minimum Gasteiger partial charge on any atom is -0.487 e. The van der Waals surface area contributed by atoms with Crippen LogP contribution in [0.3, 0.4) is 0 Å². The van der Waals surface area contributed by atoms with E-state index in [0.29, 0.717) is 25.1 Å². The van der Waals surface area contributed by atoms with Crippen LogP contribution in [0.4, 0.5) is 0 Å². The molecule has 5 heteroatoms. The minimum atomic E-state index is -1.15. The molecule has 1 aliphatic heterocycles. The summed E-state index contributed by atoms with van der Waals surface area (Å²) in [4.78, 5) is 19.3. The number of aromatic nitrogens is 1. The maximum Gasteiger partial charge on any atom is 0.272 e. The fraction of sp³-hybridized carbons (Fsp3) is 0.280. The first kappa shape index (κ1) is 20.1. The number of carbonyl (C=O) groups is 1. The third-order valence-electron chi connectivity index (χ3n) is 5.43.